The SMILES string of the molecule is CC(C)CS(=O)(=O)NC1CCCCC1(C)C(=O)O. The van der Waals surface area contributed by atoms with Crippen molar-refractivity contribution < 1.29 is 18.3 Å². The molecule has 1 fully saturated rings. The van der Waals surface area contributed by atoms with Gasteiger partial charge in [-0.05, 0) is 25.7 Å². The average Bonchev–Trinajstić information content (AvgIpc) is 2.19. The summed E-state index contributed by atoms with van der Waals surface area (Å²) in [6, 6.07) is -0.493. The summed E-state index contributed by atoms with van der Waals surface area (Å²) < 4.78 is 26.4. The Bertz CT molecular complexity index is 404. The lowest BCUT2D eigenvalue weighted by Gasteiger charge is -2.38. The molecule has 0 spiro atoms. The standard InChI is InChI=1S/C12H23NO4S/c1-9(2)8-18(16,17)13-10-6-4-5-7-12(10,3)11(14)15/h9-10,13H,4-8H2,1-3H3,(H,14,15). The molecule has 1 saturated carbocycles. The second-order valence-electron chi connectivity index (χ2n) is 5.81. The summed E-state index contributed by atoms with van der Waals surface area (Å²) in [5.74, 6) is -0.847. The lowest BCUT2D eigenvalue weighted by atomic mass is 9.72. The fourth-order valence-electron chi connectivity index (χ4n) is 2.48. The van der Waals surface area contributed by atoms with Crippen molar-refractivity contribution in [1.82, 2.24) is 4.72 Å². The van der Waals surface area contributed by atoms with Crippen molar-refractivity contribution in [2.24, 2.45) is 11.3 Å². The van der Waals surface area contributed by atoms with E-state index in [2.05, 4.69) is 4.72 Å². The Kier molecular flexibility index (Phi) is 4.78. The first-order valence-corrected chi connectivity index (χ1v) is 8.06. The van der Waals surface area contributed by atoms with E-state index in [0.29, 0.717) is 12.8 Å². The number of sulfonamides is 1. The summed E-state index contributed by atoms with van der Waals surface area (Å²) in [4.78, 5) is 11.4. The van der Waals surface area contributed by atoms with E-state index >= 15 is 0 Å². The smallest absolute Gasteiger partial charge is 0.310 e. The fourth-order valence-corrected chi connectivity index (χ4v) is 4.27. The summed E-state index contributed by atoms with van der Waals surface area (Å²) in [7, 11) is -3.40. The number of nitrogens with one attached hydrogen (secondary N) is 1. The molecule has 106 valence electrons. The van der Waals surface area contributed by atoms with Crippen LogP contribution in [0.25, 0.3) is 0 Å². The number of carbonyl (C=O) groups is 1. The van der Waals surface area contributed by atoms with Crippen LogP contribution in [-0.2, 0) is 14.8 Å². The molecule has 0 saturated heterocycles. The van der Waals surface area contributed by atoms with Gasteiger partial charge in [-0.15, -0.1) is 0 Å². The van der Waals surface area contributed by atoms with Crippen molar-refractivity contribution in [3.8, 4) is 0 Å². The van der Waals surface area contributed by atoms with Gasteiger partial charge in [-0.1, -0.05) is 26.7 Å². The molecule has 2 unspecified atom stereocenters. The predicted octanol–water partition coefficient (Wildman–Crippen LogP) is 1.60. The van der Waals surface area contributed by atoms with Gasteiger partial charge in [0.25, 0.3) is 0 Å². The van der Waals surface area contributed by atoms with Crippen molar-refractivity contribution in [3.05, 3.63) is 0 Å². The topological polar surface area (TPSA) is 83.5 Å². The Hall–Kier alpha value is -0.620. The minimum absolute atomic E-state index is 0.0298. The van der Waals surface area contributed by atoms with Crippen molar-refractivity contribution >= 4 is 16.0 Å². The van der Waals surface area contributed by atoms with Crippen molar-refractivity contribution in [2.75, 3.05) is 5.75 Å². The number of carboxylic acids is 1. The highest BCUT2D eigenvalue weighted by atomic mass is 32.2. The molecule has 1 rings (SSSR count). The van der Waals surface area contributed by atoms with E-state index in [1.54, 1.807) is 6.92 Å². The molecule has 0 aromatic rings. The van der Waals surface area contributed by atoms with E-state index in [-0.39, 0.29) is 11.7 Å². The molecular formula is C12H23NO4S. The zero-order chi connectivity index (χ0) is 14.0. The van der Waals surface area contributed by atoms with Crippen LogP contribution in [0.15, 0.2) is 0 Å². The molecule has 0 radical (unpaired) electrons. The third-order valence-corrected chi connectivity index (χ3v) is 5.32. The summed E-state index contributed by atoms with van der Waals surface area (Å²) in [5.41, 5.74) is -0.984. The minimum Gasteiger partial charge on any atom is -0.481 e. The minimum atomic E-state index is -3.40. The van der Waals surface area contributed by atoms with Crippen molar-refractivity contribution in [2.45, 2.75) is 52.5 Å². The first-order chi connectivity index (χ1) is 8.17. The van der Waals surface area contributed by atoms with Crippen LogP contribution in [0.5, 0.6) is 0 Å². The van der Waals surface area contributed by atoms with Gasteiger partial charge in [0.15, 0.2) is 0 Å². The van der Waals surface area contributed by atoms with E-state index in [1.807, 2.05) is 13.8 Å². The van der Waals surface area contributed by atoms with Crippen molar-refractivity contribution in [1.29, 1.82) is 0 Å². The Balaban J connectivity index is 2.84. The molecule has 2 atom stereocenters. The molecule has 0 aromatic heterocycles. The molecule has 1 aliphatic carbocycles. The van der Waals surface area contributed by atoms with Gasteiger partial charge in [-0.3, -0.25) is 4.79 Å². The normalized spacial score (nSPS) is 29.4. The van der Waals surface area contributed by atoms with Crippen LogP contribution in [0.2, 0.25) is 0 Å². The molecular weight excluding hydrogens is 254 g/mol. The summed E-state index contributed by atoms with van der Waals surface area (Å²) in [6.07, 6.45) is 2.83. The number of carboxylic acid groups (broad SMARTS) is 1. The van der Waals surface area contributed by atoms with Gasteiger partial charge >= 0.3 is 5.97 Å². The Morgan fingerprint density at radius 2 is 2.06 bits per heavy atom. The first-order valence-electron chi connectivity index (χ1n) is 6.41. The number of aliphatic carboxylic acids is 1. The summed E-state index contributed by atoms with van der Waals surface area (Å²) >= 11 is 0. The largest absolute Gasteiger partial charge is 0.481 e. The molecule has 0 aromatic carbocycles. The van der Waals surface area contributed by atoms with Crippen molar-refractivity contribution in [3.63, 3.8) is 0 Å². The molecule has 6 heteroatoms. The number of hydrogen-bond acceptors (Lipinski definition) is 3. The van der Waals surface area contributed by atoms with Gasteiger partial charge in [0.05, 0.1) is 11.2 Å². The zero-order valence-corrected chi connectivity index (χ0v) is 12.1. The second-order valence-corrected chi connectivity index (χ2v) is 7.61. The van der Waals surface area contributed by atoms with Crippen LogP contribution in [0, 0.1) is 11.3 Å². The summed E-state index contributed by atoms with van der Waals surface area (Å²) in [6.45, 7) is 5.30. The van der Waals surface area contributed by atoms with Gasteiger partial charge in [0.2, 0.25) is 10.0 Å². The maximum absolute atomic E-state index is 11.9. The monoisotopic (exact) mass is 277 g/mol. The highest BCUT2D eigenvalue weighted by Crippen LogP contribution is 2.36. The Morgan fingerprint density at radius 1 is 1.44 bits per heavy atom. The van der Waals surface area contributed by atoms with E-state index in [1.165, 1.54) is 0 Å². The molecule has 2 N–H and O–H groups in total. The highest BCUT2D eigenvalue weighted by Gasteiger charge is 2.44. The van der Waals surface area contributed by atoms with E-state index in [9.17, 15) is 18.3 Å². The second kappa shape index (κ2) is 5.57. The molecule has 0 bridgehead atoms. The van der Waals surface area contributed by atoms with Crippen LogP contribution in [0.4, 0.5) is 0 Å². The Labute approximate surface area is 109 Å². The lowest BCUT2D eigenvalue weighted by Crippen LogP contribution is -2.52. The molecule has 1 aliphatic rings. The van der Waals surface area contributed by atoms with Gasteiger partial charge in [0, 0.05) is 6.04 Å². The average molecular weight is 277 g/mol. The highest BCUT2D eigenvalue weighted by molar-refractivity contribution is 7.89. The zero-order valence-electron chi connectivity index (χ0n) is 11.3. The molecule has 0 heterocycles. The maximum atomic E-state index is 11.9. The molecule has 5 nitrogen and oxygen atoms in total. The van der Waals surface area contributed by atoms with Crippen LogP contribution < -0.4 is 4.72 Å². The molecule has 18 heavy (non-hydrogen) atoms. The molecule has 0 aliphatic heterocycles. The van der Waals surface area contributed by atoms with E-state index in [4.69, 9.17) is 0 Å². The predicted molar refractivity (Wildman–Crippen MR) is 69.8 cm³/mol. The summed E-state index contributed by atoms with van der Waals surface area (Å²) in [5, 5.41) is 9.31. The van der Waals surface area contributed by atoms with Gasteiger partial charge in [-0.2, -0.15) is 0 Å². The lowest BCUT2D eigenvalue weighted by molar-refractivity contribution is -0.151. The van der Waals surface area contributed by atoms with Gasteiger partial charge < -0.3 is 5.11 Å². The number of rotatable bonds is 5. The van der Waals surface area contributed by atoms with Crippen LogP contribution in [0.1, 0.15) is 46.5 Å². The van der Waals surface area contributed by atoms with Gasteiger partial charge in [0.1, 0.15) is 0 Å². The molecule has 0 amide bonds. The van der Waals surface area contributed by atoms with Crippen LogP contribution in [0.3, 0.4) is 0 Å². The van der Waals surface area contributed by atoms with E-state index in [0.717, 1.165) is 12.8 Å². The van der Waals surface area contributed by atoms with Crippen LogP contribution >= 0.6 is 0 Å². The third kappa shape index (κ3) is 3.68. The third-order valence-electron chi connectivity index (χ3n) is 3.57. The van der Waals surface area contributed by atoms with Crippen LogP contribution in [-0.4, -0.2) is 31.3 Å². The quantitative estimate of drug-likeness (QED) is 0.799. The maximum Gasteiger partial charge on any atom is 0.310 e. The first kappa shape index (κ1) is 15.4. The van der Waals surface area contributed by atoms with Gasteiger partial charge in [-0.25, -0.2) is 13.1 Å². The van der Waals surface area contributed by atoms with E-state index < -0.39 is 27.4 Å². The fraction of sp³-hybridized carbons (Fsp3) is 0.917. The Morgan fingerprint density at radius 3 is 2.56 bits per heavy atom. The number of hydrogen-bond donors (Lipinski definition) is 2.